The maximum atomic E-state index is 9.75. The van der Waals surface area contributed by atoms with Crippen LogP contribution < -0.4 is 0 Å². The maximum absolute atomic E-state index is 9.75. The molecule has 2 heteroatoms. The maximum Gasteiger partial charge on any atom is 0.0592 e. The fourth-order valence-corrected chi connectivity index (χ4v) is 1.68. The summed E-state index contributed by atoms with van der Waals surface area (Å²) in [5.74, 6) is 0.370. The second-order valence-corrected chi connectivity index (χ2v) is 3.96. The van der Waals surface area contributed by atoms with Crippen molar-refractivity contribution in [2.75, 3.05) is 0 Å². The normalized spacial score (nSPS) is 18.2. The molecule has 0 aliphatic carbocycles. The first-order valence-electron chi connectivity index (χ1n) is 5.47. The third kappa shape index (κ3) is 6.05. The molecule has 0 rings (SSSR count). The largest absolute Gasteiger partial charge is 0.393 e. The average Bonchev–Trinajstić information content (AvgIpc) is 2.04. The van der Waals surface area contributed by atoms with E-state index in [-0.39, 0.29) is 12.2 Å². The van der Waals surface area contributed by atoms with Gasteiger partial charge in [-0.3, -0.25) is 0 Å². The van der Waals surface area contributed by atoms with Crippen LogP contribution in [0.1, 0.15) is 52.9 Å². The zero-order chi connectivity index (χ0) is 10.3. The number of aliphatic hydroxyl groups is 2. The molecule has 3 atom stereocenters. The zero-order valence-corrected chi connectivity index (χ0v) is 9.16. The highest BCUT2D eigenvalue weighted by Gasteiger charge is 2.18. The Balaban J connectivity index is 3.77. The van der Waals surface area contributed by atoms with E-state index in [2.05, 4.69) is 13.8 Å². The van der Waals surface area contributed by atoms with E-state index in [1.165, 1.54) is 12.8 Å². The summed E-state index contributed by atoms with van der Waals surface area (Å²) in [6, 6.07) is 0. The van der Waals surface area contributed by atoms with Crippen LogP contribution in [0.2, 0.25) is 0 Å². The molecule has 13 heavy (non-hydrogen) atoms. The van der Waals surface area contributed by atoms with E-state index in [9.17, 15) is 5.11 Å². The van der Waals surface area contributed by atoms with Crippen LogP contribution in [0.5, 0.6) is 0 Å². The van der Waals surface area contributed by atoms with E-state index in [0.29, 0.717) is 12.3 Å². The lowest BCUT2D eigenvalue weighted by molar-refractivity contribution is 0.0450. The van der Waals surface area contributed by atoms with Crippen molar-refractivity contribution in [3.63, 3.8) is 0 Å². The molecule has 0 aromatic carbocycles. The third-order valence-electron chi connectivity index (χ3n) is 2.58. The first kappa shape index (κ1) is 12.9. The van der Waals surface area contributed by atoms with E-state index < -0.39 is 0 Å². The summed E-state index contributed by atoms with van der Waals surface area (Å²) in [5, 5.41) is 18.9. The van der Waals surface area contributed by atoms with Gasteiger partial charge in [0.15, 0.2) is 0 Å². The van der Waals surface area contributed by atoms with E-state index in [0.717, 1.165) is 12.8 Å². The molecule has 0 saturated carbocycles. The second kappa shape index (κ2) is 7.34. The monoisotopic (exact) mass is 188 g/mol. The molecule has 80 valence electrons. The molecule has 0 aromatic heterocycles. The lowest BCUT2D eigenvalue weighted by Crippen LogP contribution is -2.24. The number of hydrogen-bond acceptors (Lipinski definition) is 2. The molecule has 0 radical (unpaired) electrons. The predicted molar refractivity (Wildman–Crippen MR) is 55.6 cm³/mol. The first-order valence-corrected chi connectivity index (χ1v) is 5.47. The molecule has 0 aliphatic heterocycles. The van der Waals surface area contributed by atoms with Gasteiger partial charge in [0, 0.05) is 0 Å². The summed E-state index contributed by atoms with van der Waals surface area (Å²) < 4.78 is 0. The van der Waals surface area contributed by atoms with Gasteiger partial charge in [0.05, 0.1) is 12.2 Å². The number of aliphatic hydroxyl groups excluding tert-OH is 2. The van der Waals surface area contributed by atoms with Gasteiger partial charge >= 0.3 is 0 Å². The molecular formula is C11H24O2. The molecule has 0 saturated heterocycles. The quantitative estimate of drug-likeness (QED) is 0.644. The highest BCUT2D eigenvalue weighted by Crippen LogP contribution is 2.19. The highest BCUT2D eigenvalue weighted by molar-refractivity contribution is 4.69. The van der Waals surface area contributed by atoms with Gasteiger partial charge < -0.3 is 10.2 Å². The van der Waals surface area contributed by atoms with Crippen molar-refractivity contribution in [3.05, 3.63) is 0 Å². The van der Waals surface area contributed by atoms with Gasteiger partial charge in [-0.2, -0.15) is 0 Å². The van der Waals surface area contributed by atoms with Crippen LogP contribution in [0.3, 0.4) is 0 Å². The Morgan fingerprint density at radius 2 is 1.77 bits per heavy atom. The van der Waals surface area contributed by atoms with Crippen LogP contribution >= 0.6 is 0 Å². The minimum atomic E-state index is -0.384. The molecule has 2 N–H and O–H groups in total. The van der Waals surface area contributed by atoms with Gasteiger partial charge in [0.25, 0.3) is 0 Å². The molecule has 0 aromatic rings. The lowest BCUT2D eigenvalue weighted by atomic mass is 9.90. The standard InChI is InChI=1S/C11H24O2/c1-4-6-7-10(5-2)11(13)8-9(3)12/h9-13H,4-8H2,1-3H3. The third-order valence-corrected chi connectivity index (χ3v) is 2.58. The minimum absolute atomic E-state index is 0.323. The average molecular weight is 188 g/mol. The first-order chi connectivity index (χ1) is 6.11. The SMILES string of the molecule is CCCCC(CC)C(O)CC(C)O. The van der Waals surface area contributed by atoms with E-state index >= 15 is 0 Å². The molecule has 0 amide bonds. The lowest BCUT2D eigenvalue weighted by Gasteiger charge is -2.22. The number of unbranched alkanes of at least 4 members (excludes halogenated alkanes) is 1. The Hall–Kier alpha value is -0.0800. The van der Waals surface area contributed by atoms with Crippen molar-refractivity contribution in [3.8, 4) is 0 Å². The van der Waals surface area contributed by atoms with Gasteiger partial charge in [-0.05, 0) is 25.7 Å². The summed E-state index contributed by atoms with van der Waals surface area (Å²) >= 11 is 0. The summed E-state index contributed by atoms with van der Waals surface area (Å²) in [6.07, 6.45) is 4.26. The molecular weight excluding hydrogens is 164 g/mol. The van der Waals surface area contributed by atoms with Crippen LogP contribution in [0.15, 0.2) is 0 Å². The molecule has 0 heterocycles. The van der Waals surface area contributed by atoms with Crippen molar-refractivity contribution >= 4 is 0 Å². The smallest absolute Gasteiger partial charge is 0.0592 e. The summed E-state index contributed by atoms with van der Waals surface area (Å²) in [4.78, 5) is 0. The molecule has 2 nitrogen and oxygen atoms in total. The van der Waals surface area contributed by atoms with Crippen LogP contribution in [0, 0.1) is 5.92 Å². The fraction of sp³-hybridized carbons (Fsp3) is 1.00. The Labute approximate surface area is 82.0 Å². The minimum Gasteiger partial charge on any atom is -0.393 e. The van der Waals surface area contributed by atoms with Crippen LogP contribution in [-0.2, 0) is 0 Å². The Morgan fingerprint density at radius 3 is 2.15 bits per heavy atom. The van der Waals surface area contributed by atoms with Crippen LogP contribution in [0.4, 0.5) is 0 Å². The van der Waals surface area contributed by atoms with Gasteiger partial charge in [-0.25, -0.2) is 0 Å². The fourth-order valence-electron chi connectivity index (χ4n) is 1.68. The van der Waals surface area contributed by atoms with Crippen molar-refractivity contribution in [2.45, 2.75) is 65.1 Å². The highest BCUT2D eigenvalue weighted by atomic mass is 16.3. The molecule has 3 unspecified atom stereocenters. The molecule has 0 aliphatic rings. The van der Waals surface area contributed by atoms with Gasteiger partial charge in [-0.15, -0.1) is 0 Å². The van der Waals surface area contributed by atoms with Crippen LogP contribution in [0.25, 0.3) is 0 Å². The molecule has 0 spiro atoms. The Kier molecular flexibility index (Phi) is 7.29. The van der Waals surface area contributed by atoms with Crippen LogP contribution in [-0.4, -0.2) is 22.4 Å². The summed E-state index contributed by atoms with van der Waals surface area (Å²) in [6.45, 7) is 6.00. The summed E-state index contributed by atoms with van der Waals surface area (Å²) in [7, 11) is 0. The van der Waals surface area contributed by atoms with Crippen molar-refractivity contribution < 1.29 is 10.2 Å². The topological polar surface area (TPSA) is 40.5 Å². The van der Waals surface area contributed by atoms with Crippen molar-refractivity contribution in [1.82, 2.24) is 0 Å². The molecule has 0 fully saturated rings. The number of hydrogen-bond donors (Lipinski definition) is 2. The van der Waals surface area contributed by atoms with E-state index in [1.807, 2.05) is 0 Å². The zero-order valence-electron chi connectivity index (χ0n) is 9.16. The van der Waals surface area contributed by atoms with Crippen molar-refractivity contribution in [1.29, 1.82) is 0 Å². The predicted octanol–water partition coefficient (Wildman–Crippen LogP) is 2.33. The second-order valence-electron chi connectivity index (χ2n) is 3.96. The van der Waals surface area contributed by atoms with Gasteiger partial charge in [0.1, 0.15) is 0 Å². The van der Waals surface area contributed by atoms with Gasteiger partial charge in [0.2, 0.25) is 0 Å². The summed E-state index contributed by atoms with van der Waals surface area (Å²) in [5.41, 5.74) is 0. The van der Waals surface area contributed by atoms with Crippen molar-refractivity contribution in [2.24, 2.45) is 5.92 Å². The van der Waals surface area contributed by atoms with Gasteiger partial charge in [-0.1, -0.05) is 33.1 Å². The van der Waals surface area contributed by atoms with E-state index in [1.54, 1.807) is 6.92 Å². The Bertz CT molecular complexity index is 113. The Morgan fingerprint density at radius 1 is 1.15 bits per heavy atom. The molecule has 0 bridgehead atoms. The van der Waals surface area contributed by atoms with E-state index in [4.69, 9.17) is 5.11 Å². The number of rotatable bonds is 7.